The second-order valence-corrected chi connectivity index (χ2v) is 5.93. The minimum atomic E-state index is 0.139. The Hall–Kier alpha value is -1.51. The SMILES string of the molecule is CC(C)c1nc2cc(C(C)(C)C)ccn2c1N. The van der Waals surface area contributed by atoms with Gasteiger partial charge in [-0.2, -0.15) is 0 Å². The van der Waals surface area contributed by atoms with E-state index in [9.17, 15) is 0 Å². The van der Waals surface area contributed by atoms with Crippen LogP contribution in [0, 0.1) is 0 Å². The molecule has 0 spiro atoms. The summed E-state index contributed by atoms with van der Waals surface area (Å²) >= 11 is 0. The molecule has 2 aromatic rings. The summed E-state index contributed by atoms with van der Waals surface area (Å²) in [5.74, 6) is 1.11. The third kappa shape index (κ3) is 2.02. The van der Waals surface area contributed by atoms with Gasteiger partial charge in [0.2, 0.25) is 0 Å². The van der Waals surface area contributed by atoms with Gasteiger partial charge < -0.3 is 5.73 Å². The Balaban J connectivity index is 2.64. The Morgan fingerprint density at radius 1 is 1.29 bits per heavy atom. The van der Waals surface area contributed by atoms with E-state index >= 15 is 0 Å². The normalized spacial score (nSPS) is 12.6. The quantitative estimate of drug-likeness (QED) is 0.818. The molecule has 0 fully saturated rings. The number of hydrogen-bond acceptors (Lipinski definition) is 2. The van der Waals surface area contributed by atoms with Crippen molar-refractivity contribution in [1.82, 2.24) is 9.38 Å². The minimum Gasteiger partial charge on any atom is -0.383 e. The lowest BCUT2D eigenvalue weighted by Gasteiger charge is -2.18. The van der Waals surface area contributed by atoms with E-state index in [0.29, 0.717) is 5.92 Å². The van der Waals surface area contributed by atoms with Gasteiger partial charge in [0, 0.05) is 6.20 Å². The molecule has 0 unspecified atom stereocenters. The maximum absolute atomic E-state index is 6.10. The van der Waals surface area contributed by atoms with Crippen LogP contribution < -0.4 is 5.73 Å². The standard InChI is InChI=1S/C14H21N3/c1-9(2)12-13(15)17-7-6-10(14(3,4)5)8-11(17)16-12/h6-9H,15H2,1-5H3. The summed E-state index contributed by atoms with van der Waals surface area (Å²) in [6.07, 6.45) is 2.02. The molecule has 2 rings (SSSR count). The number of nitrogens with zero attached hydrogens (tertiary/aromatic N) is 2. The molecule has 2 heterocycles. The molecule has 17 heavy (non-hydrogen) atoms. The van der Waals surface area contributed by atoms with Crippen LogP contribution in [0.4, 0.5) is 5.82 Å². The van der Waals surface area contributed by atoms with Crippen molar-refractivity contribution in [3.05, 3.63) is 29.6 Å². The number of rotatable bonds is 1. The number of nitrogen functional groups attached to an aromatic ring is 1. The Morgan fingerprint density at radius 2 is 1.94 bits per heavy atom. The first kappa shape index (κ1) is 12.0. The largest absolute Gasteiger partial charge is 0.383 e. The Morgan fingerprint density at radius 3 is 2.47 bits per heavy atom. The predicted molar refractivity (Wildman–Crippen MR) is 72.4 cm³/mol. The van der Waals surface area contributed by atoms with Crippen LogP contribution in [0.25, 0.3) is 5.65 Å². The van der Waals surface area contributed by atoms with Gasteiger partial charge in [0.05, 0.1) is 5.69 Å². The monoisotopic (exact) mass is 231 g/mol. The zero-order chi connectivity index (χ0) is 12.8. The van der Waals surface area contributed by atoms with E-state index in [1.54, 1.807) is 0 Å². The van der Waals surface area contributed by atoms with Gasteiger partial charge in [-0.05, 0) is 29.0 Å². The van der Waals surface area contributed by atoms with E-state index < -0.39 is 0 Å². The maximum Gasteiger partial charge on any atom is 0.138 e. The molecule has 0 atom stereocenters. The molecule has 2 aromatic heterocycles. The summed E-state index contributed by atoms with van der Waals surface area (Å²) in [6.45, 7) is 10.8. The van der Waals surface area contributed by atoms with Gasteiger partial charge in [0.15, 0.2) is 0 Å². The number of anilines is 1. The average Bonchev–Trinajstić information content (AvgIpc) is 2.54. The Kier molecular flexibility index (Phi) is 2.64. The van der Waals surface area contributed by atoms with Crippen molar-refractivity contribution in [3.63, 3.8) is 0 Å². The van der Waals surface area contributed by atoms with E-state index in [-0.39, 0.29) is 5.41 Å². The zero-order valence-electron chi connectivity index (χ0n) is 11.3. The van der Waals surface area contributed by atoms with Gasteiger partial charge in [0.25, 0.3) is 0 Å². The molecule has 92 valence electrons. The highest BCUT2D eigenvalue weighted by atomic mass is 15.1. The fraction of sp³-hybridized carbons (Fsp3) is 0.500. The van der Waals surface area contributed by atoms with Gasteiger partial charge in [-0.15, -0.1) is 0 Å². The van der Waals surface area contributed by atoms with Crippen molar-refractivity contribution >= 4 is 11.5 Å². The molecule has 3 heteroatoms. The van der Waals surface area contributed by atoms with Crippen molar-refractivity contribution in [3.8, 4) is 0 Å². The van der Waals surface area contributed by atoms with Gasteiger partial charge in [-0.1, -0.05) is 34.6 Å². The van der Waals surface area contributed by atoms with Gasteiger partial charge >= 0.3 is 0 Å². The summed E-state index contributed by atoms with van der Waals surface area (Å²) in [5.41, 5.74) is 9.45. The van der Waals surface area contributed by atoms with E-state index in [0.717, 1.165) is 17.2 Å². The molecule has 3 nitrogen and oxygen atoms in total. The maximum atomic E-state index is 6.10. The van der Waals surface area contributed by atoms with E-state index in [1.165, 1.54) is 5.56 Å². The smallest absolute Gasteiger partial charge is 0.138 e. The first-order valence-corrected chi connectivity index (χ1v) is 6.08. The lowest BCUT2D eigenvalue weighted by atomic mass is 9.88. The molecule has 0 bridgehead atoms. The lowest BCUT2D eigenvalue weighted by Crippen LogP contribution is -2.11. The zero-order valence-corrected chi connectivity index (χ0v) is 11.3. The molecular formula is C14H21N3. The van der Waals surface area contributed by atoms with Crippen LogP contribution in [0.2, 0.25) is 0 Å². The number of hydrogen-bond donors (Lipinski definition) is 1. The van der Waals surface area contributed by atoms with Gasteiger partial charge in [0.1, 0.15) is 11.5 Å². The van der Waals surface area contributed by atoms with Gasteiger partial charge in [-0.3, -0.25) is 4.40 Å². The molecule has 0 saturated carbocycles. The molecule has 2 N–H and O–H groups in total. The minimum absolute atomic E-state index is 0.139. The lowest BCUT2D eigenvalue weighted by molar-refractivity contribution is 0.589. The topological polar surface area (TPSA) is 43.3 Å². The molecule has 0 aliphatic rings. The summed E-state index contributed by atoms with van der Waals surface area (Å²) in [6, 6.07) is 4.25. The molecule has 0 aromatic carbocycles. The summed E-state index contributed by atoms with van der Waals surface area (Å²) < 4.78 is 1.96. The highest BCUT2D eigenvalue weighted by molar-refractivity contribution is 5.55. The first-order chi connectivity index (χ1) is 7.80. The van der Waals surface area contributed by atoms with Crippen molar-refractivity contribution in [1.29, 1.82) is 0 Å². The van der Waals surface area contributed by atoms with Crippen molar-refractivity contribution in [2.75, 3.05) is 5.73 Å². The number of nitrogens with two attached hydrogens (primary N) is 1. The number of imidazole rings is 1. The van der Waals surface area contributed by atoms with Crippen molar-refractivity contribution in [2.24, 2.45) is 0 Å². The average molecular weight is 231 g/mol. The molecule has 0 radical (unpaired) electrons. The number of aromatic nitrogens is 2. The third-order valence-corrected chi connectivity index (χ3v) is 3.10. The van der Waals surface area contributed by atoms with Crippen LogP contribution in [0.15, 0.2) is 18.3 Å². The van der Waals surface area contributed by atoms with E-state index in [1.807, 2.05) is 10.6 Å². The molecule has 0 aliphatic heterocycles. The summed E-state index contributed by atoms with van der Waals surface area (Å²) in [4.78, 5) is 4.62. The fourth-order valence-corrected chi connectivity index (χ4v) is 1.97. The van der Waals surface area contributed by atoms with E-state index in [2.05, 4.69) is 51.7 Å². The van der Waals surface area contributed by atoms with Crippen LogP contribution in [0.3, 0.4) is 0 Å². The fourth-order valence-electron chi connectivity index (χ4n) is 1.97. The summed E-state index contributed by atoms with van der Waals surface area (Å²) in [7, 11) is 0. The first-order valence-electron chi connectivity index (χ1n) is 6.08. The van der Waals surface area contributed by atoms with Crippen LogP contribution in [0.1, 0.15) is 51.8 Å². The van der Waals surface area contributed by atoms with Gasteiger partial charge in [-0.25, -0.2) is 4.98 Å². The number of fused-ring (bicyclic) bond motifs is 1. The van der Waals surface area contributed by atoms with Crippen LogP contribution in [0.5, 0.6) is 0 Å². The predicted octanol–water partition coefficient (Wildman–Crippen LogP) is 3.34. The number of pyridine rings is 1. The Bertz CT molecular complexity index is 544. The van der Waals surface area contributed by atoms with Crippen LogP contribution in [-0.4, -0.2) is 9.38 Å². The summed E-state index contributed by atoms with van der Waals surface area (Å²) in [5, 5.41) is 0. The van der Waals surface area contributed by atoms with Crippen LogP contribution in [-0.2, 0) is 5.41 Å². The molecule has 0 amide bonds. The molecular weight excluding hydrogens is 210 g/mol. The molecule has 0 saturated heterocycles. The van der Waals surface area contributed by atoms with E-state index in [4.69, 9.17) is 5.73 Å². The highest BCUT2D eigenvalue weighted by Gasteiger charge is 2.17. The Labute approximate surface area is 103 Å². The third-order valence-electron chi connectivity index (χ3n) is 3.10. The highest BCUT2D eigenvalue weighted by Crippen LogP contribution is 2.27. The molecule has 0 aliphatic carbocycles. The van der Waals surface area contributed by atoms with Crippen molar-refractivity contribution in [2.45, 2.75) is 46.0 Å². The van der Waals surface area contributed by atoms with Crippen LogP contribution >= 0.6 is 0 Å². The second kappa shape index (κ2) is 3.76. The second-order valence-electron chi connectivity index (χ2n) is 5.93. The van der Waals surface area contributed by atoms with Crippen molar-refractivity contribution < 1.29 is 0 Å².